The number of ether oxygens (including phenoxy) is 2. The first-order valence-electron chi connectivity index (χ1n) is 6.80. The van der Waals surface area contributed by atoms with Gasteiger partial charge in [-0.1, -0.05) is 24.3 Å². The van der Waals surface area contributed by atoms with Gasteiger partial charge in [-0.05, 0) is 36.5 Å². The van der Waals surface area contributed by atoms with Crippen molar-refractivity contribution in [2.24, 2.45) is 5.92 Å². The van der Waals surface area contributed by atoms with Gasteiger partial charge in [0.25, 0.3) is 0 Å². The molecule has 0 radical (unpaired) electrons. The fourth-order valence-electron chi connectivity index (χ4n) is 1.98. The number of hydrogen-bond donors (Lipinski definition) is 1. The minimum Gasteiger partial charge on any atom is -0.496 e. The summed E-state index contributed by atoms with van der Waals surface area (Å²) in [6.45, 7) is 3.81. The summed E-state index contributed by atoms with van der Waals surface area (Å²) < 4.78 is 9.88. The highest BCUT2D eigenvalue weighted by atomic mass is 16.5. The molecule has 0 spiro atoms. The van der Waals surface area contributed by atoms with Gasteiger partial charge in [0.05, 0.1) is 14.2 Å². The van der Waals surface area contributed by atoms with Crippen molar-refractivity contribution in [1.82, 2.24) is 0 Å². The van der Waals surface area contributed by atoms with E-state index in [4.69, 9.17) is 9.47 Å². The Morgan fingerprint density at radius 3 is 2.71 bits per heavy atom. The standard InChI is InChI=1S/C17H22O4/c1-4-6-14(12-18)8-5-7-13-9-10-16(20-2)15(11-13)17(19)21-3/h4-5,7,9-11,14,18H,1,6,8,12H2,2-3H3/b7-5+. The van der Waals surface area contributed by atoms with E-state index in [1.165, 1.54) is 14.2 Å². The molecule has 1 rings (SSSR count). The van der Waals surface area contributed by atoms with Crippen molar-refractivity contribution < 1.29 is 19.4 Å². The summed E-state index contributed by atoms with van der Waals surface area (Å²) in [4.78, 5) is 11.7. The number of aliphatic hydroxyl groups is 1. The SMILES string of the molecule is C=CCC(CO)C/C=C/c1ccc(OC)c(C(=O)OC)c1. The number of methoxy groups -OCH3 is 2. The first-order chi connectivity index (χ1) is 10.2. The van der Waals surface area contributed by atoms with Gasteiger partial charge in [-0.15, -0.1) is 6.58 Å². The number of carbonyl (C=O) groups is 1. The molecule has 4 nitrogen and oxygen atoms in total. The maximum atomic E-state index is 11.7. The summed E-state index contributed by atoms with van der Waals surface area (Å²) in [7, 11) is 2.85. The third kappa shape index (κ3) is 5.08. The van der Waals surface area contributed by atoms with Crippen molar-refractivity contribution in [2.75, 3.05) is 20.8 Å². The van der Waals surface area contributed by atoms with Crippen LogP contribution in [0.5, 0.6) is 5.75 Å². The molecule has 1 unspecified atom stereocenters. The molecule has 0 saturated carbocycles. The Bertz CT molecular complexity index is 506. The quantitative estimate of drug-likeness (QED) is 0.590. The molecular weight excluding hydrogens is 268 g/mol. The van der Waals surface area contributed by atoms with Crippen molar-refractivity contribution in [3.63, 3.8) is 0 Å². The van der Waals surface area contributed by atoms with E-state index in [0.29, 0.717) is 11.3 Å². The van der Waals surface area contributed by atoms with E-state index in [0.717, 1.165) is 18.4 Å². The average molecular weight is 290 g/mol. The summed E-state index contributed by atoms with van der Waals surface area (Å²) in [6, 6.07) is 5.32. The molecule has 0 fully saturated rings. The number of rotatable bonds is 8. The summed E-state index contributed by atoms with van der Waals surface area (Å²) in [5.74, 6) is 0.234. The number of allylic oxidation sites excluding steroid dienone is 2. The van der Waals surface area contributed by atoms with E-state index < -0.39 is 5.97 Å². The van der Waals surface area contributed by atoms with Gasteiger partial charge >= 0.3 is 5.97 Å². The second kappa shape index (κ2) is 8.97. The molecule has 1 atom stereocenters. The van der Waals surface area contributed by atoms with E-state index in [-0.39, 0.29) is 12.5 Å². The molecule has 1 aromatic rings. The third-order valence-corrected chi connectivity index (χ3v) is 3.17. The Kier molecular flexibility index (Phi) is 7.26. The van der Waals surface area contributed by atoms with Crippen LogP contribution >= 0.6 is 0 Å². The number of aliphatic hydroxyl groups excluding tert-OH is 1. The fourth-order valence-corrected chi connectivity index (χ4v) is 1.98. The van der Waals surface area contributed by atoms with Gasteiger partial charge < -0.3 is 14.6 Å². The summed E-state index contributed by atoms with van der Waals surface area (Å²) >= 11 is 0. The van der Waals surface area contributed by atoms with Gasteiger partial charge in [0.1, 0.15) is 11.3 Å². The Morgan fingerprint density at radius 2 is 2.14 bits per heavy atom. The maximum Gasteiger partial charge on any atom is 0.341 e. The van der Waals surface area contributed by atoms with Crippen molar-refractivity contribution in [1.29, 1.82) is 0 Å². The Balaban J connectivity index is 2.84. The molecule has 0 aliphatic carbocycles. The molecule has 0 aliphatic heterocycles. The minimum absolute atomic E-state index is 0.131. The van der Waals surface area contributed by atoms with Crippen LogP contribution in [0, 0.1) is 5.92 Å². The van der Waals surface area contributed by atoms with Crippen LogP contribution in [-0.2, 0) is 4.74 Å². The number of hydrogen-bond acceptors (Lipinski definition) is 4. The van der Waals surface area contributed by atoms with Crippen LogP contribution in [-0.4, -0.2) is 31.9 Å². The molecule has 1 N–H and O–H groups in total. The van der Waals surface area contributed by atoms with Gasteiger partial charge in [0, 0.05) is 6.61 Å². The molecule has 0 saturated heterocycles. The normalized spacial score (nSPS) is 12.1. The van der Waals surface area contributed by atoms with Crippen LogP contribution in [0.3, 0.4) is 0 Å². The molecule has 0 bridgehead atoms. The lowest BCUT2D eigenvalue weighted by molar-refractivity contribution is 0.0597. The van der Waals surface area contributed by atoms with Gasteiger partial charge in [0.2, 0.25) is 0 Å². The summed E-state index contributed by atoms with van der Waals surface area (Å²) in [5.41, 5.74) is 1.28. The fraction of sp³-hybridized carbons (Fsp3) is 0.353. The van der Waals surface area contributed by atoms with Gasteiger partial charge in [-0.25, -0.2) is 4.79 Å². The highest BCUT2D eigenvalue weighted by molar-refractivity contribution is 5.93. The van der Waals surface area contributed by atoms with Crippen LogP contribution in [0.15, 0.2) is 36.9 Å². The highest BCUT2D eigenvalue weighted by Gasteiger charge is 2.12. The lowest BCUT2D eigenvalue weighted by atomic mass is 10.0. The summed E-state index contributed by atoms with van der Waals surface area (Å²) in [6.07, 6.45) is 7.22. The first kappa shape index (κ1) is 17.0. The number of esters is 1. The van der Waals surface area contributed by atoms with Crippen LogP contribution in [0.2, 0.25) is 0 Å². The van der Waals surface area contributed by atoms with E-state index in [1.807, 2.05) is 18.2 Å². The third-order valence-electron chi connectivity index (χ3n) is 3.17. The maximum absolute atomic E-state index is 11.7. The largest absolute Gasteiger partial charge is 0.496 e. The lowest BCUT2D eigenvalue weighted by Gasteiger charge is -2.09. The zero-order valence-corrected chi connectivity index (χ0v) is 12.5. The average Bonchev–Trinajstić information content (AvgIpc) is 2.53. The smallest absolute Gasteiger partial charge is 0.341 e. The molecule has 1 aromatic carbocycles. The number of carbonyl (C=O) groups excluding carboxylic acids is 1. The van der Waals surface area contributed by atoms with Gasteiger partial charge in [0.15, 0.2) is 0 Å². The van der Waals surface area contributed by atoms with Crippen molar-refractivity contribution in [3.05, 3.63) is 48.1 Å². The molecule has 0 heterocycles. The molecule has 21 heavy (non-hydrogen) atoms. The Morgan fingerprint density at radius 1 is 1.38 bits per heavy atom. The Labute approximate surface area is 125 Å². The number of benzene rings is 1. The monoisotopic (exact) mass is 290 g/mol. The molecular formula is C17H22O4. The van der Waals surface area contributed by atoms with Crippen LogP contribution < -0.4 is 4.74 Å². The zero-order chi connectivity index (χ0) is 15.7. The topological polar surface area (TPSA) is 55.8 Å². The molecule has 114 valence electrons. The van der Waals surface area contributed by atoms with Crippen molar-refractivity contribution in [2.45, 2.75) is 12.8 Å². The lowest BCUT2D eigenvalue weighted by Crippen LogP contribution is -2.04. The molecule has 0 amide bonds. The van der Waals surface area contributed by atoms with Crippen molar-refractivity contribution in [3.8, 4) is 5.75 Å². The minimum atomic E-state index is -0.429. The highest BCUT2D eigenvalue weighted by Crippen LogP contribution is 2.22. The molecule has 0 aliphatic rings. The second-order valence-corrected chi connectivity index (χ2v) is 4.66. The predicted octanol–water partition coefficient (Wildman–Crippen LogP) is 3.07. The van der Waals surface area contributed by atoms with Crippen LogP contribution in [0.25, 0.3) is 6.08 Å². The first-order valence-corrected chi connectivity index (χ1v) is 6.80. The van der Waals surface area contributed by atoms with Crippen molar-refractivity contribution >= 4 is 12.0 Å². The molecule has 4 heteroatoms. The summed E-state index contributed by atoms with van der Waals surface area (Å²) in [5, 5.41) is 9.21. The van der Waals surface area contributed by atoms with E-state index >= 15 is 0 Å². The van der Waals surface area contributed by atoms with Crippen LogP contribution in [0.4, 0.5) is 0 Å². The predicted molar refractivity (Wildman–Crippen MR) is 83.4 cm³/mol. The Hall–Kier alpha value is -2.07. The molecule has 0 aromatic heterocycles. The van der Waals surface area contributed by atoms with Gasteiger partial charge in [-0.2, -0.15) is 0 Å². The van der Waals surface area contributed by atoms with Crippen LogP contribution in [0.1, 0.15) is 28.8 Å². The van der Waals surface area contributed by atoms with E-state index in [1.54, 1.807) is 18.2 Å². The van der Waals surface area contributed by atoms with Gasteiger partial charge in [-0.3, -0.25) is 0 Å². The second-order valence-electron chi connectivity index (χ2n) is 4.66. The van der Waals surface area contributed by atoms with E-state index in [2.05, 4.69) is 6.58 Å². The van der Waals surface area contributed by atoms with E-state index in [9.17, 15) is 9.90 Å². The zero-order valence-electron chi connectivity index (χ0n) is 12.5.